The molecule has 2 rings (SSSR count). The number of allylic oxidation sites excluding steroid dienone is 3. The van der Waals surface area contributed by atoms with Gasteiger partial charge in [-0.3, -0.25) is 15.1 Å². The topological polar surface area (TPSA) is 88.7 Å². The zero-order chi connectivity index (χ0) is 21.2. The maximum Gasteiger partial charge on any atom is 0.142 e. The van der Waals surface area contributed by atoms with Crippen LogP contribution in [0.5, 0.6) is 5.75 Å². The van der Waals surface area contributed by atoms with Gasteiger partial charge in [0, 0.05) is 18.5 Å². The monoisotopic (exact) mass is 398 g/mol. The van der Waals surface area contributed by atoms with E-state index in [2.05, 4.69) is 15.6 Å². The van der Waals surface area contributed by atoms with E-state index in [1.165, 1.54) is 5.57 Å². The standard InChI is InChI=1S/C23H34N4O2/c1-16(2)12-13-17(3)23(24)22-19(9-7-10-20(22)28)27-15-25-14-26-18-8-5-6-11-21(18)29-4/h5-6,8,11-14,19,22-23,27H,7,9-10,15,24H2,1-4H3,(H,25,26)/b17-13+. The van der Waals surface area contributed by atoms with Gasteiger partial charge in [-0.2, -0.15) is 0 Å². The number of hydrogen-bond acceptors (Lipinski definition) is 5. The number of aliphatic imine (C=N–C) groups is 1. The van der Waals surface area contributed by atoms with Crippen molar-refractivity contribution < 1.29 is 9.53 Å². The Kier molecular flexibility index (Phi) is 9.09. The number of nitrogens with zero attached hydrogens (tertiary/aromatic N) is 1. The molecule has 0 saturated heterocycles. The number of hydrogen-bond donors (Lipinski definition) is 3. The minimum atomic E-state index is -0.286. The van der Waals surface area contributed by atoms with Crippen LogP contribution in [0.2, 0.25) is 0 Å². The molecule has 1 aromatic carbocycles. The number of carbonyl (C=O) groups is 1. The Morgan fingerprint density at radius 1 is 1.31 bits per heavy atom. The van der Waals surface area contributed by atoms with E-state index in [1.807, 2.05) is 57.2 Å². The molecule has 6 heteroatoms. The number of para-hydroxylation sites is 2. The van der Waals surface area contributed by atoms with E-state index in [0.717, 1.165) is 29.9 Å². The lowest BCUT2D eigenvalue weighted by atomic mass is 9.77. The highest BCUT2D eigenvalue weighted by Crippen LogP contribution is 2.26. The van der Waals surface area contributed by atoms with E-state index >= 15 is 0 Å². The van der Waals surface area contributed by atoms with E-state index in [9.17, 15) is 4.79 Å². The number of Topliss-reactive ketones (excluding diaryl/α,β-unsaturated/α-hetero) is 1. The maximum atomic E-state index is 12.6. The average Bonchev–Trinajstić information content (AvgIpc) is 2.71. The summed E-state index contributed by atoms with van der Waals surface area (Å²) >= 11 is 0. The van der Waals surface area contributed by atoms with Gasteiger partial charge in [0.25, 0.3) is 0 Å². The Labute approximate surface area is 174 Å². The van der Waals surface area contributed by atoms with Gasteiger partial charge in [-0.05, 0) is 45.7 Å². The fourth-order valence-corrected chi connectivity index (χ4v) is 3.53. The summed E-state index contributed by atoms with van der Waals surface area (Å²) < 4.78 is 5.31. The molecule has 0 bridgehead atoms. The van der Waals surface area contributed by atoms with Crippen LogP contribution >= 0.6 is 0 Å². The fraction of sp³-hybridized carbons (Fsp3) is 0.478. The van der Waals surface area contributed by atoms with Gasteiger partial charge in [-0.1, -0.05) is 35.4 Å². The predicted molar refractivity (Wildman–Crippen MR) is 120 cm³/mol. The molecule has 3 atom stereocenters. The van der Waals surface area contributed by atoms with Crippen LogP contribution in [0.3, 0.4) is 0 Å². The number of methoxy groups -OCH3 is 1. The molecular formula is C23H34N4O2. The van der Waals surface area contributed by atoms with Crippen molar-refractivity contribution in [1.29, 1.82) is 0 Å². The number of carbonyl (C=O) groups excluding carboxylic acids is 1. The molecule has 1 aliphatic carbocycles. The molecule has 6 nitrogen and oxygen atoms in total. The summed E-state index contributed by atoms with van der Waals surface area (Å²) in [4.78, 5) is 17.0. The van der Waals surface area contributed by atoms with Gasteiger partial charge in [0.2, 0.25) is 0 Å². The second-order valence-corrected chi connectivity index (χ2v) is 7.69. The number of rotatable bonds is 9. The first-order chi connectivity index (χ1) is 13.9. The number of benzene rings is 1. The molecule has 0 radical (unpaired) electrons. The molecule has 1 aliphatic rings. The van der Waals surface area contributed by atoms with Crippen molar-refractivity contribution in [2.24, 2.45) is 16.6 Å². The van der Waals surface area contributed by atoms with E-state index in [0.29, 0.717) is 13.1 Å². The minimum absolute atomic E-state index is 0.0321. The van der Waals surface area contributed by atoms with Gasteiger partial charge in [0.15, 0.2) is 0 Å². The molecule has 0 aromatic heterocycles. The third-order valence-corrected chi connectivity index (χ3v) is 5.20. The lowest BCUT2D eigenvalue weighted by Crippen LogP contribution is -2.51. The van der Waals surface area contributed by atoms with E-state index < -0.39 is 0 Å². The molecule has 1 saturated carbocycles. The molecule has 0 amide bonds. The van der Waals surface area contributed by atoms with Crippen molar-refractivity contribution in [2.75, 3.05) is 19.1 Å². The summed E-state index contributed by atoms with van der Waals surface area (Å²) in [5.41, 5.74) is 9.56. The zero-order valence-corrected chi connectivity index (χ0v) is 17.9. The largest absolute Gasteiger partial charge is 0.495 e. The molecule has 0 spiro atoms. The predicted octanol–water partition coefficient (Wildman–Crippen LogP) is 3.66. The van der Waals surface area contributed by atoms with Crippen LogP contribution in [0.25, 0.3) is 0 Å². The number of ether oxygens (including phenoxy) is 1. The van der Waals surface area contributed by atoms with Crippen LogP contribution in [-0.4, -0.2) is 38.0 Å². The SMILES string of the molecule is COc1ccccc1N/C=N/CNC1CCCC(=O)C1C(N)/C(C)=C/C=C(C)C. The van der Waals surface area contributed by atoms with Crippen molar-refractivity contribution in [1.82, 2.24) is 5.32 Å². The lowest BCUT2D eigenvalue weighted by Gasteiger charge is -2.35. The number of nitrogens with two attached hydrogens (primary N) is 1. The second-order valence-electron chi connectivity index (χ2n) is 7.69. The van der Waals surface area contributed by atoms with Crippen LogP contribution in [0.4, 0.5) is 5.69 Å². The summed E-state index contributed by atoms with van der Waals surface area (Å²) in [6.45, 7) is 6.50. The van der Waals surface area contributed by atoms with Crippen molar-refractivity contribution in [3.8, 4) is 5.75 Å². The average molecular weight is 399 g/mol. The Bertz CT molecular complexity index is 766. The first kappa shape index (κ1) is 22.8. The van der Waals surface area contributed by atoms with Gasteiger partial charge >= 0.3 is 0 Å². The van der Waals surface area contributed by atoms with Gasteiger partial charge < -0.3 is 15.8 Å². The maximum absolute atomic E-state index is 12.6. The number of anilines is 1. The summed E-state index contributed by atoms with van der Waals surface area (Å²) in [7, 11) is 1.64. The lowest BCUT2D eigenvalue weighted by molar-refractivity contribution is -0.126. The van der Waals surface area contributed by atoms with Gasteiger partial charge in [0.05, 0.1) is 31.7 Å². The van der Waals surface area contributed by atoms with Crippen LogP contribution in [0.15, 0.2) is 52.6 Å². The van der Waals surface area contributed by atoms with E-state index in [4.69, 9.17) is 10.5 Å². The van der Waals surface area contributed by atoms with Crippen LogP contribution < -0.4 is 21.1 Å². The van der Waals surface area contributed by atoms with Crippen molar-refractivity contribution in [3.05, 3.63) is 47.6 Å². The number of nitrogens with one attached hydrogen (secondary N) is 2. The smallest absolute Gasteiger partial charge is 0.142 e. The minimum Gasteiger partial charge on any atom is -0.495 e. The Morgan fingerprint density at radius 2 is 2.07 bits per heavy atom. The van der Waals surface area contributed by atoms with Crippen molar-refractivity contribution in [3.63, 3.8) is 0 Å². The highest BCUT2D eigenvalue weighted by Gasteiger charge is 2.36. The zero-order valence-electron chi connectivity index (χ0n) is 17.9. The first-order valence-corrected chi connectivity index (χ1v) is 10.1. The summed E-state index contributed by atoms with van der Waals surface area (Å²) in [5.74, 6) is 0.778. The van der Waals surface area contributed by atoms with Crippen molar-refractivity contribution >= 4 is 17.8 Å². The van der Waals surface area contributed by atoms with Gasteiger partial charge in [-0.15, -0.1) is 0 Å². The van der Waals surface area contributed by atoms with Crippen LogP contribution in [0, 0.1) is 5.92 Å². The Morgan fingerprint density at radius 3 is 2.79 bits per heavy atom. The molecule has 4 N–H and O–H groups in total. The van der Waals surface area contributed by atoms with Crippen LogP contribution in [-0.2, 0) is 4.79 Å². The fourth-order valence-electron chi connectivity index (χ4n) is 3.53. The molecule has 0 aliphatic heterocycles. The Hall–Kier alpha value is -2.44. The molecule has 0 heterocycles. The highest BCUT2D eigenvalue weighted by molar-refractivity contribution is 5.83. The summed E-state index contributed by atoms with van der Waals surface area (Å²) in [6, 6.07) is 7.41. The molecule has 1 aromatic rings. The highest BCUT2D eigenvalue weighted by atomic mass is 16.5. The van der Waals surface area contributed by atoms with E-state index in [1.54, 1.807) is 13.4 Å². The van der Waals surface area contributed by atoms with Gasteiger partial charge in [0.1, 0.15) is 11.5 Å². The van der Waals surface area contributed by atoms with E-state index in [-0.39, 0.29) is 23.8 Å². The summed E-state index contributed by atoms with van der Waals surface area (Å²) in [6.07, 6.45) is 8.12. The first-order valence-electron chi connectivity index (χ1n) is 10.1. The van der Waals surface area contributed by atoms with Crippen molar-refractivity contribution in [2.45, 2.75) is 52.1 Å². The number of ketones is 1. The third kappa shape index (κ3) is 6.84. The molecule has 1 fully saturated rings. The van der Waals surface area contributed by atoms with Gasteiger partial charge in [-0.25, -0.2) is 0 Å². The normalized spacial score (nSPS) is 21.1. The quantitative estimate of drug-likeness (QED) is 0.336. The Balaban J connectivity index is 1.96. The molecule has 3 unspecified atom stereocenters. The second kappa shape index (κ2) is 11.5. The summed E-state index contributed by atoms with van der Waals surface area (Å²) in [5, 5.41) is 6.53. The molecular weight excluding hydrogens is 364 g/mol. The third-order valence-electron chi connectivity index (χ3n) is 5.20. The molecule has 158 valence electrons. The molecule has 29 heavy (non-hydrogen) atoms. The van der Waals surface area contributed by atoms with Crippen LogP contribution in [0.1, 0.15) is 40.0 Å².